The van der Waals surface area contributed by atoms with Crippen molar-refractivity contribution in [3.05, 3.63) is 34.1 Å². The zero-order chi connectivity index (χ0) is 12.3. The summed E-state index contributed by atoms with van der Waals surface area (Å²) < 4.78 is 36.0. The Kier molecular flexibility index (Phi) is 4.46. The van der Waals surface area contributed by atoms with E-state index in [1.807, 2.05) is 0 Å². The van der Waals surface area contributed by atoms with Crippen LogP contribution in [0.3, 0.4) is 0 Å². The molecule has 0 amide bonds. The first-order valence-electron chi connectivity index (χ1n) is 4.68. The molecule has 1 rings (SSSR count). The van der Waals surface area contributed by atoms with Gasteiger partial charge in [0.15, 0.2) is 0 Å². The molecule has 0 bridgehead atoms. The van der Waals surface area contributed by atoms with Crippen LogP contribution in [0.5, 0.6) is 0 Å². The summed E-state index contributed by atoms with van der Waals surface area (Å²) in [5.41, 5.74) is 6.07. The Morgan fingerprint density at radius 2 is 2.12 bits per heavy atom. The average Bonchev–Trinajstić information content (AvgIpc) is 2.13. The van der Waals surface area contributed by atoms with Gasteiger partial charge in [-0.25, -0.2) is 12.8 Å². The highest BCUT2D eigenvalue weighted by Gasteiger charge is 2.14. The molecular weight excluding hydrogens is 297 g/mol. The standard InChI is InChI=1S/C10H13BrFNO2S/c1-16(14,15)5-4-10(13)8-3-2-7(11)6-9(8)12/h2-3,6,10H,4-5,13H2,1H3. The zero-order valence-electron chi connectivity index (χ0n) is 8.78. The highest BCUT2D eigenvalue weighted by molar-refractivity contribution is 9.10. The normalized spacial score (nSPS) is 13.8. The third-order valence-corrected chi connectivity index (χ3v) is 3.63. The molecule has 0 heterocycles. The molecule has 0 saturated heterocycles. The fourth-order valence-corrected chi connectivity index (χ4v) is 2.31. The molecule has 2 N–H and O–H groups in total. The Balaban J connectivity index is 2.77. The van der Waals surface area contributed by atoms with Crippen LogP contribution in [0.25, 0.3) is 0 Å². The van der Waals surface area contributed by atoms with E-state index in [1.165, 1.54) is 6.07 Å². The quantitative estimate of drug-likeness (QED) is 0.925. The van der Waals surface area contributed by atoms with Crippen LogP contribution in [-0.2, 0) is 9.84 Å². The van der Waals surface area contributed by atoms with Crippen molar-refractivity contribution in [3.63, 3.8) is 0 Å². The first kappa shape index (κ1) is 13.6. The lowest BCUT2D eigenvalue weighted by Crippen LogP contribution is -2.16. The Morgan fingerprint density at radius 1 is 1.50 bits per heavy atom. The topological polar surface area (TPSA) is 60.2 Å². The monoisotopic (exact) mass is 309 g/mol. The van der Waals surface area contributed by atoms with E-state index in [9.17, 15) is 12.8 Å². The molecule has 0 spiro atoms. The van der Waals surface area contributed by atoms with Gasteiger partial charge in [0.1, 0.15) is 15.7 Å². The van der Waals surface area contributed by atoms with Gasteiger partial charge in [-0.1, -0.05) is 22.0 Å². The molecule has 0 aromatic heterocycles. The van der Waals surface area contributed by atoms with E-state index in [1.54, 1.807) is 12.1 Å². The summed E-state index contributed by atoms with van der Waals surface area (Å²) in [5.74, 6) is -0.459. The molecule has 6 heteroatoms. The van der Waals surface area contributed by atoms with Gasteiger partial charge in [-0.15, -0.1) is 0 Å². The predicted octanol–water partition coefficient (Wildman–Crippen LogP) is 2.02. The molecule has 16 heavy (non-hydrogen) atoms. The van der Waals surface area contributed by atoms with E-state index in [0.717, 1.165) is 6.26 Å². The molecule has 0 aliphatic rings. The van der Waals surface area contributed by atoms with Crippen LogP contribution in [0.2, 0.25) is 0 Å². The maximum atomic E-state index is 13.5. The van der Waals surface area contributed by atoms with Gasteiger partial charge in [-0.3, -0.25) is 0 Å². The molecule has 0 fully saturated rings. The highest BCUT2D eigenvalue weighted by Crippen LogP contribution is 2.21. The second kappa shape index (κ2) is 5.25. The summed E-state index contributed by atoms with van der Waals surface area (Å²) in [6, 6.07) is 3.96. The molecule has 0 aliphatic carbocycles. The van der Waals surface area contributed by atoms with Crippen LogP contribution in [0.1, 0.15) is 18.0 Å². The fraction of sp³-hybridized carbons (Fsp3) is 0.400. The van der Waals surface area contributed by atoms with Crippen LogP contribution in [0.15, 0.2) is 22.7 Å². The van der Waals surface area contributed by atoms with Gasteiger partial charge in [-0.05, 0) is 18.6 Å². The van der Waals surface area contributed by atoms with E-state index in [4.69, 9.17) is 5.73 Å². The molecule has 0 aliphatic heterocycles. The van der Waals surface area contributed by atoms with Crippen molar-refractivity contribution in [2.24, 2.45) is 5.73 Å². The molecule has 1 aromatic rings. The van der Waals surface area contributed by atoms with Crippen molar-refractivity contribution < 1.29 is 12.8 Å². The third-order valence-electron chi connectivity index (χ3n) is 2.16. The summed E-state index contributed by atoms with van der Waals surface area (Å²) in [6.45, 7) is 0. The number of sulfone groups is 1. The average molecular weight is 310 g/mol. The van der Waals surface area contributed by atoms with Crippen LogP contribution < -0.4 is 5.73 Å². The van der Waals surface area contributed by atoms with Crippen molar-refractivity contribution in [2.45, 2.75) is 12.5 Å². The van der Waals surface area contributed by atoms with Gasteiger partial charge >= 0.3 is 0 Å². The molecule has 0 saturated carbocycles. The fourth-order valence-electron chi connectivity index (χ4n) is 1.30. The molecule has 1 unspecified atom stereocenters. The van der Waals surface area contributed by atoms with E-state index in [-0.39, 0.29) is 12.2 Å². The lowest BCUT2D eigenvalue weighted by molar-refractivity contribution is 0.565. The first-order chi connectivity index (χ1) is 7.29. The molecule has 0 radical (unpaired) electrons. The Bertz CT molecular complexity index is 476. The smallest absolute Gasteiger partial charge is 0.147 e. The Hall–Kier alpha value is -0.460. The van der Waals surface area contributed by atoms with Crippen LogP contribution in [0.4, 0.5) is 4.39 Å². The first-order valence-corrected chi connectivity index (χ1v) is 7.53. The van der Waals surface area contributed by atoms with Gasteiger partial charge in [0.05, 0.1) is 5.75 Å². The summed E-state index contributed by atoms with van der Waals surface area (Å²) in [4.78, 5) is 0. The summed E-state index contributed by atoms with van der Waals surface area (Å²) in [6.07, 6.45) is 1.36. The van der Waals surface area contributed by atoms with E-state index >= 15 is 0 Å². The number of hydrogen-bond acceptors (Lipinski definition) is 3. The number of halogens is 2. The third kappa shape index (κ3) is 4.19. The zero-order valence-corrected chi connectivity index (χ0v) is 11.2. The van der Waals surface area contributed by atoms with Gasteiger partial charge < -0.3 is 5.73 Å². The van der Waals surface area contributed by atoms with Crippen LogP contribution in [-0.4, -0.2) is 20.4 Å². The lowest BCUT2D eigenvalue weighted by Gasteiger charge is -2.12. The maximum absolute atomic E-state index is 13.5. The van der Waals surface area contributed by atoms with E-state index in [0.29, 0.717) is 10.0 Å². The van der Waals surface area contributed by atoms with E-state index in [2.05, 4.69) is 15.9 Å². The molecule has 3 nitrogen and oxygen atoms in total. The Labute approximate surface area is 103 Å². The van der Waals surface area contributed by atoms with Crippen molar-refractivity contribution >= 4 is 25.8 Å². The minimum atomic E-state index is -3.06. The van der Waals surface area contributed by atoms with Gasteiger partial charge in [-0.2, -0.15) is 0 Å². The number of nitrogens with two attached hydrogens (primary N) is 1. The van der Waals surface area contributed by atoms with Crippen molar-refractivity contribution in [3.8, 4) is 0 Å². The molecular formula is C10H13BrFNO2S. The number of benzene rings is 1. The maximum Gasteiger partial charge on any atom is 0.147 e. The van der Waals surface area contributed by atoms with Gasteiger partial charge in [0, 0.05) is 22.3 Å². The summed E-state index contributed by atoms with van der Waals surface area (Å²) in [5, 5.41) is 0. The van der Waals surface area contributed by atoms with Crippen LogP contribution >= 0.6 is 15.9 Å². The number of hydrogen-bond donors (Lipinski definition) is 1. The molecule has 90 valence electrons. The van der Waals surface area contributed by atoms with E-state index < -0.39 is 21.7 Å². The minimum Gasteiger partial charge on any atom is -0.324 e. The SMILES string of the molecule is CS(=O)(=O)CCC(N)c1ccc(Br)cc1F. The molecule has 1 atom stereocenters. The Morgan fingerprint density at radius 3 is 2.62 bits per heavy atom. The lowest BCUT2D eigenvalue weighted by atomic mass is 10.1. The van der Waals surface area contributed by atoms with Gasteiger partial charge in [0.2, 0.25) is 0 Å². The molecule has 1 aromatic carbocycles. The highest BCUT2D eigenvalue weighted by atomic mass is 79.9. The van der Waals surface area contributed by atoms with Crippen molar-refractivity contribution in [1.29, 1.82) is 0 Å². The van der Waals surface area contributed by atoms with Crippen molar-refractivity contribution in [1.82, 2.24) is 0 Å². The summed E-state index contributed by atoms with van der Waals surface area (Å²) >= 11 is 3.14. The summed E-state index contributed by atoms with van der Waals surface area (Å²) in [7, 11) is -3.06. The second-order valence-electron chi connectivity index (χ2n) is 3.69. The second-order valence-corrected chi connectivity index (χ2v) is 6.87. The van der Waals surface area contributed by atoms with Gasteiger partial charge in [0.25, 0.3) is 0 Å². The number of rotatable bonds is 4. The predicted molar refractivity (Wildman–Crippen MR) is 65.4 cm³/mol. The largest absolute Gasteiger partial charge is 0.324 e. The minimum absolute atomic E-state index is 0.0380. The van der Waals surface area contributed by atoms with Crippen molar-refractivity contribution in [2.75, 3.05) is 12.0 Å². The van der Waals surface area contributed by atoms with Crippen LogP contribution in [0, 0.1) is 5.82 Å².